The zero-order valence-corrected chi connectivity index (χ0v) is 19.9. The summed E-state index contributed by atoms with van der Waals surface area (Å²) < 4.78 is 18.3. The van der Waals surface area contributed by atoms with Gasteiger partial charge in [-0.3, -0.25) is 0 Å². The number of rotatable bonds is 10. The Morgan fingerprint density at radius 3 is 2.41 bits per heavy atom. The molecule has 1 aliphatic rings. The molecule has 5 nitrogen and oxygen atoms in total. The molecule has 2 aromatic carbocycles. The predicted octanol–water partition coefficient (Wildman–Crippen LogP) is 6.15. The molecule has 5 heteroatoms. The summed E-state index contributed by atoms with van der Waals surface area (Å²) >= 11 is 0. The third kappa shape index (κ3) is 6.60. The first-order valence-corrected chi connectivity index (χ1v) is 11.3. The predicted molar refractivity (Wildman–Crippen MR) is 129 cm³/mol. The fourth-order valence-electron chi connectivity index (χ4n) is 3.99. The smallest absolute Gasteiger partial charge is 0.125 e. The number of ether oxygens (including phenoxy) is 3. The topological polar surface area (TPSA) is 49.3 Å². The molecule has 0 amide bonds. The number of aryl methyl sites for hydroxylation is 2. The first-order chi connectivity index (χ1) is 15.5. The Morgan fingerprint density at radius 2 is 1.75 bits per heavy atom. The van der Waals surface area contributed by atoms with E-state index in [1.54, 1.807) is 7.11 Å². The van der Waals surface area contributed by atoms with E-state index in [1.165, 1.54) is 0 Å². The lowest BCUT2D eigenvalue weighted by Crippen LogP contribution is -2.16. The fraction of sp³-hybridized carbons (Fsp3) is 0.444. The van der Waals surface area contributed by atoms with E-state index in [0.717, 1.165) is 58.7 Å². The zero-order chi connectivity index (χ0) is 22.9. The lowest BCUT2D eigenvalue weighted by Gasteiger charge is -2.19. The molecule has 0 N–H and O–H groups in total. The van der Waals surface area contributed by atoms with Crippen LogP contribution in [0, 0.1) is 13.8 Å². The van der Waals surface area contributed by atoms with Crippen LogP contribution in [-0.2, 0) is 16.2 Å². The first kappa shape index (κ1) is 23.9. The van der Waals surface area contributed by atoms with Gasteiger partial charge < -0.3 is 19.0 Å². The molecule has 1 saturated carbocycles. The second-order valence-electron chi connectivity index (χ2n) is 8.31. The largest absolute Gasteiger partial charge is 0.490 e. The molecule has 0 heterocycles. The summed E-state index contributed by atoms with van der Waals surface area (Å²) in [5.41, 5.74) is 5.28. The number of hydrogen-bond acceptors (Lipinski definition) is 5. The second-order valence-corrected chi connectivity index (χ2v) is 8.31. The van der Waals surface area contributed by atoms with Gasteiger partial charge in [0.2, 0.25) is 0 Å². The molecule has 0 saturated heterocycles. The van der Waals surface area contributed by atoms with Crippen molar-refractivity contribution < 1.29 is 19.0 Å². The lowest BCUT2D eigenvalue weighted by molar-refractivity contribution is 0.0377. The van der Waals surface area contributed by atoms with Crippen molar-refractivity contribution in [2.24, 2.45) is 5.16 Å². The van der Waals surface area contributed by atoms with E-state index in [9.17, 15) is 0 Å². The molecule has 0 radical (unpaired) electrons. The molecule has 0 bridgehead atoms. The lowest BCUT2D eigenvalue weighted by atomic mass is 10.1. The molecule has 1 fully saturated rings. The summed E-state index contributed by atoms with van der Waals surface area (Å²) in [4.78, 5) is 4.84. The van der Waals surface area contributed by atoms with Crippen LogP contribution in [0.25, 0.3) is 0 Å². The van der Waals surface area contributed by atoms with Gasteiger partial charge in [-0.1, -0.05) is 41.6 Å². The van der Waals surface area contributed by atoms with Gasteiger partial charge in [-0.05, 0) is 74.9 Å². The Hall–Kier alpha value is -2.79. The Balaban J connectivity index is 1.50. The van der Waals surface area contributed by atoms with Crippen LogP contribution in [0.1, 0.15) is 55.4 Å². The van der Waals surface area contributed by atoms with Crippen molar-refractivity contribution in [3.63, 3.8) is 0 Å². The van der Waals surface area contributed by atoms with E-state index in [0.29, 0.717) is 13.2 Å². The maximum atomic E-state index is 6.39. The van der Waals surface area contributed by atoms with E-state index in [2.05, 4.69) is 55.4 Å². The molecule has 2 unspecified atom stereocenters. The van der Waals surface area contributed by atoms with Crippen molar-refractivity contribution in [2.75, 3.05) is 13.7 Å². The van der Waals surface area contributed by atoms with Gasteiger partial charge >= 0.3 is 0 Å². The molecule has 32 heavy (non-hydrogen) atoms. The van der Waals surface area contributed by atoms with Crippen LogP contribution < -0.4 is 9.47 Å². The average molecular weight is 438 g/mol. The van der Waals surface area contributed by atoms with Crippen molar-refractivity contribution in [2.45, 2.75) is 65.8 Å². The number of allylic oxidation sites excluding steroid dienone is 1. The van der Waals surface area contributed by atoms with Crippen molar-refractivity contribution >= 4 is 5.71 Å². The third-order valence-electron chi connectivity index (χ3n) is 5.72. The Labute approximate surface area is 192 Å². The van der Waals surface area contributed by atoms with Gasteiger partial charge in [0.05, 0.1) is 18.4 Å². The highest BCUT2D eigenvalue weighted by molar-refractivity contribution is 5.98. The maximum absolute atomic E-state index is 6.39. The summed E-state index contributed by atoms with van der Waals surface area (Å²) in [6.07, 6.45) is 7.33. The first-order valence-electron chi connectivity index (χ1n) is 11.3. The molecule has 0 aromatic heterocycles. The normalized spacial score (nSPS) is 18.8. The number of nitrogens with zero attached hydrogens (tertiary/aromatic N) is 1. The highest BCUT2D eigenvalue weighted by atomic mass is 16.6. The van der Waals surface area contributed by atoms with E-state index in [-0.39, 0.29) is 12.2 Å². The van der Waals surface area contributed by atoms with Crippen LogP contribution in [0.3, 0.4) is 0 Å². The van der Waals surface area contributed by atoms with Crippen LogP contribution >= 0.6 is 0 Å². The van der Waals surface area contributed by atoms with Gasteiger partial charge in [0.15, 0.2) is 0 Å². The summed E-state index contributed by atoms with van der Waals surface area (Å²) in [6, 6.07) is 12.4. The molecular formula is C27H35NO4. The maximum Gasteiger partial charge on any atom is 0.125 e. The molecule has 2 aromatic rings. The molecule has 1 aliphatic carbocycles. The Morgan fingerprint density at radius 1 is 1.06 bits per heavy atom. The van der Waals surface area contributed by atoms with Crippen molar-refractivity contribution in [1.82, 2.24) is 0 Å². The van der Waals surface area contributed by atoms with E-state index < -0.39 is 0 Å². The SMILES string of the molecule is C/C=C/COc1cc(C)c(OC2CCC(OCc3ccc(C(C)=NOC)cc3)C2)c(C)c1. The zero-order valence-electron chi connectivity index (χ0n) is 19.9. The minimum absolute atomic E-state index is 0.183. The molecule has 0 spiro atoms. The second kappa shape index (κ2) is 11.7. The monoisotopic (exact) mass is 437 g/mol. The highest BCUT2D eigenvalue weighted by Gasteiger charge is 2.27. The van der Waals surface area contributed by atoms with Crippen LogP contribution in [-0.4, -0.2) is 31.6 Å². The van der Waals surface area contributed by atoms with Crippen molar-refractivity contribution in [1.29, 1.82) is 0 Å². The summed E-state index contributed by atoms with van der Waals surface area (Å²) in [6.45, 7) is 9.27. The number of benzene rings is 2. The van der Waals surface area contributed by atoms with Gasteiger partial charge in [-0.25, -0.2) is 0 Å². The minimum atomic E-state index is 0.183. The fourth-order valence-corrected chi connectivity index (χ4v) is 3.99. The van der Waals surface area contributed by atoms with E-state index in [4.69, 9.17) is 19.0 Å². The summed E-state index contributed by atoms with van der Waals surface area (Å²) in [5.74, 6) is 1.85. The van der Waals surface area contributed by atoms with Gasteiger partial charge in [-0.15, -0.1) is 0 Å². The molecule has 2 atom stereocenters. The average Bonchev–Trinajstić information content (AvgIpc) is 3.23. The quantitative estimate of drug-likeness (QED) is 0.254. The van der Waals surface area contributed by atoms with Crippen LogP contribution in [0.5, 0.6) is 11.5 Å². The molecule has 172 valence electrons. The van der Waals surface area contributed by atoms with E-state index >= 15 is 0 Å². The van der Waals surface area contributed by atoms with Crippen LogP contribution in [0.4, 0.5) is 0 Å². The number of hydrogen-bond donors (Lipinski definition) is 0. The Kier molecular flexibility index (Phi) is 8.74. The van der Waals surface area contributed by atoms with Gasteiger partial charge in [0, 0.05) is 6.42 Å². The molecule has 3 rings (SSSR count). The van der Waals surface area contributed by atoms with Gasteiger partial charge in [-0.2, -0.15) is 0 Å². The Bertz CT molecular complexity index is 910. The molecule has 0 aliphatic heterocycles. The number of oxime groups is 1. The standard InChI is InChI=1S/C27H35NO4/c1-6-7-14-30-26-15-19(2)27(20(3)16-26)32-25-13-12-24(17-25)31-18-22-8-10-23(11-9-22)21(4)28-29-5/h6-11,15-16,24-25H,12-14,17-18H2,1-5H3/b7-6+,28-21?. The summed E-state index contributed by atoms with van der Waals surface area (Å²) in [5, 5.41) is 3.97. The molecular weight excluding hydrogens is 402 g/mol. The van der Waals surface area contributed by atoms with E-state index in [1.807, 2.05) is 26.0 Å². The van der Waals surface area contributed by atoms with Crippen molar-refractivity contribution in [3.8, 4) is 11.5 Å². The van der Waals surface area contributed by atoms with Crippen LogP contribution in [0.2, 0.25) is 0 Å². The van der Waals surface area contributed by atoms with Gasteiger partial charge in [0.25, 0.3) is 0 Å². The third-order valence-corrected chi connectivity index (χ3v) is 5.72. The van der Waals surface area contributed by atoms with Gasteiger partial charge in [0.1, 0.15) is 31.3 Å². The highest BCUT2D eigenvalue weighted by Crippen LogP contribution is 2.33. The summed E-state index contributed by atoms with van der Waals surface area (Å²) in [7, 11) is 1.56. The van der Waals surface area contributed by atoms with Crippen LogP contribution in [0.15, 0.2) is 53.7 Å². The van der Waals surface area contributed by atoms with Crippen molar-refractivity contribution in [3.05, 3.63) is 70.8 Å². The minimum Gasteiger partial charge on any atom is -0.490 e.